The number of ether oxygens (including phenoxy) is 4. The summed E-state index contributed by atoms with van der Waals surface area (Å²) in [5.41, 5.74) is 2.42. The molecule has 1 heterocycles. The van der Waals surface area contributed by atoms with E-state index in [-0.39, 0.29) is 0 Å². The number of fused-ring (bicyclic) bond motifs is 1. The van der Waals surface area contributed by atoms with Gasteiger partial charge in [-0.2, -0.15) is 0 Å². The van der Waals surface area contributed by atoms with Crippen molar-refractivity contribution in [3.63, 3.8) is 0 Å². The second-order valence-corrected chi connectivity index (χ2v) is 5.30. The molecule has 2 aromatic carbocycles. The van der Waals surface area contributed by atoms with Crippen molar-refractivity contribution in [1.29, 1.82) is 0 Å². The molecule has 0 spiro atoms. The Bertz CT molecular complexity index is 672. The number of rotatable bonds is 7. The quantitative estimate of drug-likeness (QED) is 0.850. The summed E-state index contributed by atoms with van der Waals surface area (Å²) >= 11 is 0. The number of quaternary nitrogens is 1. The van der Waals surface area contributed by atoms with Crippen molar-refractivity contribution in [2.75, 3.05) is 20.5 Å². The molecule has 2 aromatic rings. The SMILES string of the molecule is CCOc1cc(C[NH2+]Cc2ccc3c(c2)OCO3)ccc1OC. The molecular formula is C18H22NO4+. The van der Waals surface area contributed by atoms with E-state index in [1.165, 1.54) is 11.1 Å². The Morgan fingerprint density at radius 3 is 2.48 bits per heavy atom. The first-order chi connectivity index (χ1) is 11.3. The Hall–Kier alpha value is -2.40. The van der Waals surface area contributed by atoms with Crippen LogP contribution in [0.2, 0.25) is 0 Å². The number of methoxy groups -OCH3 is 1. The highest BCUT2D eigenvalue weighted by atomic mass is 16.7. The number of hydrogen-bond donors (Lipinski definition) is 1. The lowest BCUT2D eigenvalue weighted by molar-refractivity contribution is -0.686. The molecule has 1 aliphatic heterocycles. The summed E-state index contributed by atoms with van der Waals surface area (Å²) in [4.78, 5) is 0. The second-order valence-electron chi connectivity index (χ2n) is 5.30. The zero-order chi connectivity index (χ0) is 16.1. The van der Waals surface area contributed by atoms with Crippen LogP contribution in [0.4, 0.5) is 0 Å². The normalized spacial score (nSPS) is 12.3. The summed E-state index contributed by atoms with van der Waals surface area (Å²) in [6, 6.07) is 12.1. The van der Waals surface area contributed by atoms with Gasteiger partial charge in [0.25, 0.3) is 0 Å². The molecule has 5 nitrogen and oxygen atoms in total. The molecule has 5 heteroatoms. The van der Waals surface area contributed by atoms with Crippen LogP contribution < -0.4 is 24.3 Å². The highest BCUT2D eigenvalue weighted by molar-refractivity contribution is 5.44. The minimum atomic E-state index is 0.314. The van der Waals surface area contributed by atoms with Gasteiger partial charge in [0.15, 0.2) is 23.0 Å². The van der Waals surface area contributed by atoms with Gasteiger partial charge in [0.1, 0.15) is 13.1 Å². The third-order valence-electron chi connectivity index (χ3n) is 3.72. The van der Waals surface area contributed by atoms with E-state index in [1.807, 2.05) is 31.2 Å². The van der Waals surface area contributed by atoms with Gasteiger partial charge in [-0.15, -0.1) is 0 Å². The standard InChI is InChI=1S/C18H21NO4/c1-3-21-17-8-13(4-6-15(17)20-2)10-19-11-14-5-7-16-18(9-14)23-12-22-16/h4-9,19H,3,10-12H2,1-2H3/p+1. The van der Waals surface area contributed by atoms with Gasteiger partial charge in [-0.3, -0.25) is 0 Å². The van der Waals surface area contributed by atoms with E-state index in [2.05, 4.69) is 17.4 Å². The summed E-state index contributed by atoms with van der Waals surface area (Å²) in [5, 5.41) is 2.25. The smallest absolute Gasteiger partial charge is 0.231 e. The summed E-state index contributed by atoms with van der Waals surface area (Å²) in [6.07, 6.45) is 0. The van der Waals surface area contributed by atoms with Gasteiger partial charge < -0.3 is 24.3 Å². The highest BCUT2D eigenvalue weighted by Crippen LogP contribution is 2.32. The van der Waals surface area contributed by atoms with Crippen molar-refractivity contribution in [3.8, 4) is 23.0 Å². The maximum atomic E-state index is 5.61. The fraction of sp³-hybridized carbons (Fsp3) is 0.333. The number of hydrogen-bond acceptors (Lipinski definition) is 4. The van der Waals surface area contributed by atoms with E-state index >= 15 is 0 Å². The van der Waals surface area contributed by atoms with Crippen molar-refractivity contribution < 1.29 is 24.3 Å². The lowest BCUT2D eigenvalue weighted by Gasteiger charge is -2.10. The van der Waals surface area contributed by atoms with Crippen molar-refractivity contribution in [2.24, 2.45) is 0 Å². The van der Waals surface area contributed by atoms with Crippen LogP contribution in [0.3, 0.4) is 0 Å². The highest BCUT2D eigenvalue weighted by Gasteiger charge is 2.13. The zero-order valence-electron chi connectivity index (χ0n) is 13.5. The van der Waals surface area contributed by atoms with E-state index < -0.39 is 0 Å². The molecule has 0 amide bonds. The Labute approximate surface area is 136 Å². The zero-order valence-corrected chi connectivity index (χ0v) is 13.5. The lowest BCUT2D eigenvalue weighted by atomic mass is 10.1. The maximum absolute atomic E-state index is 5.61. The first-order valence-corrected chi connectivity index (χ1v) is 7.80. The third-order valence-corrected chi connectivity index (χ3v) is 3.72. The van der Waals surface area contributed by atoms with E-state index in [4.69, 9.17) is 18.9 Å². The van der Waals surface area contributed by atoms with Crippen LogP contribution in [0, 0.1) is 0 Å². The first kappa shape index (κ1) is 15.5. The van der Waals surface area contributed by atoms with Gasteiger partial charge >= 0.3 is 0 Å². The van der Waals surface area contributed by atoms with Crippen LogP contribution in [-0.4, -0.2) is 20.5 Å². The molecule has 0 fully saturated rings. The number of nitrogens with two attached hydrogens (primary N) is 1. The monoisotopic (exact) mass is 316 g/mol. The number of benzene rings is 2. The molecule has 0 aromatic heterocycles. The molecule has 0 unspecified atom stereocenters. The van der Waals surface area contributed by atoms with Gasteiger partial charge in [-0.1, -0.05) is 0 Å². The van der Waals surface area contributed by atoms with Gasteiger partial charge in [0.05, 0.1) is 13.7 Å². The molecular weight excluding hydrogens is 294 g/mol. The van der Waals surface area contributed by atoms with Gasteiger partial charge in [0.2, 0.25) is 6.79 Å². The molecule has 3 rings (SSSR count). The Morgan fingerprint density at radius 1 is 0.957 bits per heavy atom. The van der Waals surface area contributed by atoms with Crippen LogP contribution >= 0.6 is 0 Å². The predicted octanol–water partition coefficient (Wildman–Crippen LogP) is 2.09. The minimum Gasteiger partial charge on any atom is -0.493 e. The fourth-order valence-electron chi connectivity index (χ4n) is 2.59. The van der Waals surface area contributed by atoms with Crippen molar-refractivity contribution in [1.82, 2.24) is 0 Å². The van der Waals surface area contributed by atoms with Crippen molar-refractivity contribution in [3.05, 3.63) is 47.5 Å². The van der Waals surface area contributed by atoms with Crippen LogP contribution in [-0.2, 0) is 13.1 Å². The maximum Gasteiger partial charge on any atom is 0.231 e. The van der Waals surface area contributed by atoms with E-state index in [1.54, 1.807) is 7.11 Å². The molecule has 0 aliphatic carbocycles. The molecule has 0 radical (unpaired) electrons. The van der Waals surface area contributed by atoms with Crippen LogP contribution in [0.1, 0.15) is 18.1 Å². The van der Waals surface area contributed by atoms with E-state index in [9.17, 15) is 0 Å². The summed E-state index contributed by atoms with van der Waals surface area (Å²) < 4.78 is 21.7. The summed E-state index contributed by atoms with van der Waals surface area (Å²) in [5.74, 6) is 3.22. The van der Waals surface area contributed by atoms with Crippen LogP contribution in [0.15, 0.2) is 36.4 Å². The van der Waals surface area contributed by atoms with Crippen LogP contribution in [0.5, 0.6) is 23.0 Å². The summed E-state index contributed by atoms with van der Waals surface area (Å²) in [6.45, 7) is 4.66. The average Bonchev–Trinajstić information content (AvgIpc) is 3.03. The molecule has 0 atom stereocenters. The van der Waals surface area contributed by atoms with E-state index in [0.29, 0.717) is 13.4 Å². The predicted molar refractivity (Wildman–Crippen MR) is 86.1 cm³/mol. The largest absolute Gasteiger partial charge is 0.493 e. The topological polar surface area (TPSA) is 53.5 Å². The minimum absolute atomic E-state index is 0.314. The first-order valence-electron chi connectivity index (χ1n) is 7.80. The molecule has 0 saturated carbocycles. The van der Waals surface area contributed by atoms with Crippen molar-refractivity contribution in [2.45, 2.75) is 20.0 Å². The van der Waals surface area contributed by atoms with Gasteiger partial charge in [0, 0.05) is 11.1 Å². The van der Waals surface area contributed by atoms with E-state index in [0.717, 1.165) is 36.1 Å². The third kappa shape index (κ3) is 3.68. The molecule has 1 aliphatic rings. The average molecular weight is 316 g/mol. The van der Waals surface area contributed by atoms with Gasteiger partial charge in [-0.25, -0.2) is 0 Å². The lowest BCUT2D eigenvalue weighted by Crippen LogP contribution is -2.80. The second kappa shape index (κ2) is 7.24. The van der Waals surface area contributed by atoms with Gasteiger partial charge in [-0.05, 0) is 43.3 Å². The Morgan fingerprint density at radius 2 is 1.70 bits per heavy atom. The molecule has 122 valence electrons. The molecule has 0 saturated heterocycles. The molecule has 2 N–H and O–H groups in total. The molecule has 23 heavy (non-hydrogen) atoms. The fourth-order valence-corrected chi connectivity index (χ4v) is 2.59. The Balaban J connectivity index is 1.59. The summed E-state index contributed by atoms with van der Waals surface area (Å²) in [7, 11) is 1.66. The van der Waals surface area contributed by atoms with Crippen molar-refractivity contribution >= 4 is 0 Å². The Kier molecular flexibility index (Phi) is 4.88. The molecule has 0 bridgehead atoms. The van der Waals surface area contributed by atoms with Crippen LogP contribution in [0.25, 0.3) is 0 Å².